The molecule has 0 aliphatic carbocycles. The van der Waals surface area contributed by atoms with Crippen molar-refractivity contribution in [2.75, 3.05) is 7.11 Å². The lowest BCUT2D eigenvalue weighted by Crippen LogP contribution is -1.93. The summed E-state index contributed by atoms with van der Waals surface area (Å²) in [6, 6.07) is 7.59. The van der Waals surface area contributed by atoms with E-state index in [1.54, 1.807) is 25.3 Å². The molecule has 0 fully saturated rings. The minimum atomic E-state index is -0.570. The van der Waals surface area contributed by atoms with E-state index >= 15 is 0 Å². The molecule has 5 nitrogen and oxygen atoms in total. The second kappa shape index (κ2) is 6.20. The molecule has 2 aromatic carbocycles. The van der Waals surface area contributed by atoms with Crippen LogP contribution in [0.15, 0.2) is 30.3 Å². The van der Waals surface area contributed by atoms with Gasteiger partial charge in [-0.1, -0.05) is 23.2 Å². The Bertz CT molecular complexity index is 680. The van der Waals surface area contributed by atoms with Crippen LogP contribution in [0.4, 0.5) is 5.69 Å². The van der Waals surface area contributed by atoms with E-state index in [-0.39, 0.29) is 21.5 Å². The van der Waals surface area contributed by atoms with Crippen LogP contribution in [-0.4, -0.2) is 12.0 Å². The van der Waals surface area contributed by atoms with Crippen LogP contribution in [0.25, 0.3) is 0 Å². The zero-order valence-electron chi connectivity index (χ0n) is 11.2. The Hall–Kier alpha value is -1.98. The molecule has 0 N–H and O–H groups in total. The van der Waals surface area contributed by atoms with Gasteiger partial charge in [0.15, 0.2) is 5.75 Å². The third-order valence-electron chi connectivity index (χ3n) is 2.78. The van der Waals surface area contributed by atoms with Crippen LogP contribution >= 0.6 is 23.2 Å². The number of non-ortho nitro benzene ring substituents is 1. The molecule has 0 atom stereocenters. The van der Waals surface area contributed by atoms with Gasteiger partial charge in [0, 0.05) is 12.1 Å². The summed E-state index contributed by atoms with van der Waals surface area (Å²) in [4.78, 5) is 10.2. The lowest BCUT2D eigenvalue weighted by Gasteiger charge is -2.11. The molecule has 0 radical (unpaired) electrons. The summed E-state index contributed by atoms with van der Waals surface area (Å²) < 4.78 is 10.8. The number of hydrogen-bond acceptors (Lipinski definition) is 4. The van der Waals surface area contributed by atoms with E-state index in [1.165, 1.54) is 12.1 Å². The maximum absolute atomic E-state index is 10.7. The Morgan fingerprint density at radius 2 is 1.76 bits per heavy atom. The number of methoxy groups -OCH3 is 1. The van der Waals surface area contributed by atoms with Crippen molar-refractivity contribution in [1.29, 1.82) is 0 Å². The summed E-state index contributed by atoms with van der Waals surface area (Å²) in [6.07, 6.45) is 0. The fourth-order valence-electron chi connectivity index (χ4n) is 1.78. The third kappa shape index (κ3) is 3.37. The number of aryl methyl sites for hydroxylation is 1. The van der Waals surface area contributed by atoms with Gasteiger partial charge in [0.2, 0.25) is 0 Å². The highest BCUT2D eigenvalue weighted by Crippen LogP contribution is 2.40. The van der Waals surface area contributed by atoms with E-state index in [2.05, 4.69) is 0 Å². The zero-order chi connectivity index (χ0) is 15.6. The highest BCUT2D eigenvalue weighted by atomic mass is 35.5. The van der Waals surface area contributed by atoms with Gasteiger partial charge >= 0.3 is 0 Å². The molecule has 0 spiro atoms. The summed E-state index contributed by atoms with van der Waals surface area (Å²) in [7, 11) is 1.58. The van der Waals surface area contributed by atoms with Crippen molar-refractivity contribution >= 4 is 28.9 Å². The largest absolute Gasteiger partial charge is 0.496 e. The fraction of sp³-hybridized carbons (Fsp3) is 0.143. The van der Waals surface area contributed by atoms with Gasteiger partial charge in [0.1, 0.15) is 11.5 Å². The Morgan fingerprint density at radius 3 is 2.24 bits per heavy atom. The molecule has 110 valence electrons. The molecular weight excluding hydrogens is 317 g/mol. The Balaban J connectivity index is 2.35. The van der Waals surface area contributed by atoms with Crippen LogP contribution in [0.5, 0.6) is 17.2 Å². The summed E-state index contributed by atoms with van der Waals surface area (Å²) in [5.74, 6) is 1.41. The predicted molar refractivity (Wildman–Crippen MR) is 80.9 cm³/mol. The standard InChI is InChI=1S/C14H11Cl2NO4/c1-8-5-10(3-4-13(8)20-2)21-14-11(15)6-9(17(18)19)7-12(14)16/h3-7H,1-2H3. The average molecular weight is 328 g/mol. The number of ether oxygens (including phenoxy) is 2. The molecule has 21 heavy (non-hydrogen) atoms. The first kappa shape index (κ1) is 15.4. The first-order valence-electron chi connectivity index (χ1n) is 5.88. The SMILES string of the molecule is COc1ccc(Oc2c(Cl)cc([N+](=O)[O-])cc2Cl)cc1C. The normalized spacial score (nSPS) is 10.3. The second-order valence-corrected chi connectivity index (χ2v) is 5.04. The van der Waals surface area contributed by atoms with Gasteiger partial charge in [0.25, 0.3) is 5.69 Å². The molecule has 0 aliphatic heterocycles. The van der Waals surface area contributed by atoms with E-state index < -0.39 is 4.92 Å². The van der Waals surface area contributed by atoms with Crippen LogP contribution in [0, 0.1) is 17.0 Å². The van der Waals surface area contributed by atoms with E-state index in [1.807, 2.05) is 6.92 Å². The molecule has 7 heteroatoms. The van der Waals surface area contributed by atoms with Crippen molar-refractivity contribution < 1.29 is 14.4 Å². The molecule has 0 aliphatic rings. The quantitative estimate of drug-likeness (QED) is 0.584. The highest BCUT2D eigenvalue weighted by molar-refractivity contribution is 6.37. The number of nitrogens with zero attached hydrogens (tertiary/aromatic N) is 1. The monoisotopic (exact) mass is 327 g/mol. The molecular formula is C14H11Cl2NO4. The van der Waals surface area contributed by atoms with Crippen molar-refractivity contribution in [2.45, 2.75) is 6.92 Å². The van der Waals surface area contributed by atoms with Crippen LogP contribution in [0.1, 0.15) is 5.56 Å². The van der Waals surface area contributed by atoms with Gasteiger partial charge in [-0.2, -0.15) is 0 Å². The number of rotatable bonds is 4. The Morgan fingerprint density at radius 1 is 1.14 bits per heavy atom. The number of nitro benzene ring substituents is 1. The maximum Gasteiger partial charge on any atom is 0.272 e. The number of halogens is 2. The van der Waals surface area contributed by atoms with Crippen molar-refractivity contribution in [3.05, 3.63) is 56.1 Å². The highest BCUT2D eigenvalue weighted by Gasteiger charge is 2.16. The van der Waals surface area contributed by atoms with Gasteiger partial charge in [-0.05, 0) is 30.7 Å². The molecule has 0 amide bonds. The topological polar surface area (TPSA) is 61.6 Å². The van der Waals surface area contributed by atoms with Gasteiger partial charge in [-0.3, -0.25) is 10.1 Å². The molecule has 0 saturated carbocycles. The van der Waals surface area contributed by atoms with Gasteiger partial charge in [0.05, 0.1) is 22.1 Å². The third-order valence-corrected chi connectivity index (χ3v) is 3.34. The number of benzene rings is 2. The van der Waals surface area contributed by atoms with E-state index in [0.29, 0.717) is 5.75 Å². The summed E-state index contributed by atoms with van der Waals surface area (Å²) in [6.45, 7) is 1.87. The first-order chi connectivity index (χ1) is 9.92. The summed E-state index contributed by atoms with van der Waals surface area (Å²) in [5, 5.41) is 10.9. The molecule has 0 aromatic heterocycles. The summed E-state index contributed by atoms with van der Waals surface area (Å²) in [5.41, 5.74) is 0.687. The molecule has 0 unspecified atom stereocenters. The minimum Gasteiger partial charge on any atom is -0.496 e. The summed E-state index contributed by atoms with van der Waals surface area (Å²) >= 11 is 12.0. The van der Waals surface area contributed by atoms with Gasteiger partial charge in [-0.25, -0.2) is 0 Å². The lowest BCUT2D eigenvalue weighted by molar-refractivity contribution is -0.384. The van der Waals surface area contributed by atoms with Crippen molar-refractivity contribution in [1.82, 2.24) is 0 Å². The molecule has 2 rings (SSSR count). The number of hydrogen-bond donors (Lipinski definition) is 0. The first-order valence-corrected chi connectivity index (χ1v) is 6.64. The maximum atomic E-state index is 10.7. The predicted octanol–water partition coefficient (Wildman–Crippen LogP) is 5.01. The van der Waals surface area contributed by atoms with E-state index in [0.717, 1.165) is 11.3 Å². The van der Waals surface area contributed by atoms with Crippen LogP contribution < -0.4 is 9.47 Å². The van der Waals surface area contributed by atoms with Crippen molar-refractivity contribution in [2.24, 2.45) is 0 Å². The minimum absolute atomic E-state index is 0.0719. The van der Waals surface area contributed by atoms with E-state index in [4.69, 9.17) is 32.7 Å². The molecule has 0 bridgehead atoms. The lowest BCUT2D eigenvalue weighted by atomic mass is 10.2. The van der Waals surface area contributed by atoms with Crippen LogP contribution in [0.3, 0.4) is 0 Å². The van der Waals surface area contributed by atoms with Crippen molar-refractivity contribution in [3.8, 4) is 17.2 Å². The second-order valence-electron chi connectivity index (χ2n) is 4.23. The van der Waals surface area contributed by atoms with Crippen molar-refractivity contribution in [3.63, 3.8) is 0 Å². The van der Waals surface area contributed by atoms with Gasteiger partial charge < -0.3 is 9.47 Å². The fourth-order valence-corrected chi connectivity index (χ4v) is 2.33. The molecule has 0 heterocycles. The van der Waals surface area contributed by atoms with Crippen LogP contribution in [-0.2, 0) is 0 Å². The number of nitro groups is 1. The Kier molecular flexibility index (Phi) is 4.55. The molecule has 2 aromatic rings. The van der Waals surface area contributed by atoms with Crippen LogP contribution in [0.2, 0.25) is 10.0 Å². The average Bonchev–Trinajstić information content (AvgIpc) is 2.42. The smallest absolute Gasteiger partial charge is 0.272 e. The zero-order valence-corrected chi connectivity index (χ0v) is 12.7. The van der Waals surface area contributed by atoms with Gasteiger partial charge in [-0.15, -0.1) is 0 Å². The van der Waals surface area contributed by atoms with E-state index in [9.17, 15) is 10.1 Å². The Labute approximate surface area is 131 Å². The molecule has 0 saturated heterocycles.